The number of morpholine rings is 1. The van der Waals surface area contributed by atoms with Crippen molar-refractivity contribution in [1.29, 1.82) is 0 Å². The van der Waals surface area contributed by atoms with Crippen LogP contribution in [0.1, 0.15) is 24.4 Å². The molecular formula is C19H24N6O4. The van der Waals surface area contributed by atoms with Crippen molar-refractivity contribution in [1.82, 2.24) is 14.8 Å². The second-order valence-corrected chi connectivity index (χ2v) is 7.45. The number of hydrogen-bond donors (Lipinski definition) is 0. The average molecular weight is 400 g/mol. The monoisotopic (exact) mass is 400 g/mol. The summed E-state index contributed by atoms with van der Waals surface area (Å²) in [4.78, 5) is 32.1. The van der Waals surface area contributed by atoms with Gasteiger partial charge in [-0.25, -0.2) is 9.67 Å². The molecule has 0 N–H and O–H groups in total. The Morgan fingerprint density at radius 1 is 1.17 bits per heavy atom. The van der Waals surface area contributed by atoms with Gasteiger partial charge in [0.1, 0.15) is 0 Å². The molecule has 2 aromatic rings. The van der Waals surface area contributed by atoms with Gasteiger partial charge in [-0.2, -0.15) is 5.10 Å². The van der Waals surface area contributed by atoms with Crippen molar-refractivity contribution in [3.63, 3.8) is 0 Å². The second-order valence-electron chi connectivity index (χ2n) is 7.45. The summed E-state index contributed by atoms with van der Waals surface area (Å²) in [6.45, 7) is 5.67. The van der Waals surface area contributed by atoms with Crippen molar-refractivity contribution in [2.45, 2.75) is 25.8 Å². The van der Waals surface area contributed by atoms with Crippen LogP contribution >= 0.6 is 0 Å². The van der Waals surface area contributed by atoms with Crippen LogP contribution < -0.4 is 15.4 Å². The summed E-state index contributed by atoms with van der Waals surface area (Å²) in [7, 11) is 0. The minimum Gasteiger partial charge on any atom is -0.378 e. The van der Waals surface area contributed by atoms with Crippen molar-refractivity contribution in [2.75, 3.05) is 49.2 Å². The zero-order chi connectivity index (χ0) is 20.4. The van der Waals surface area contributed by atoms with E-state index in [2.05, 4.69) is 15.0 Å². The van der Waals surface area contributed by atoms with Crippen LogP contribution in [0.15, 0.2) is 29.3 Å². The molecule has 2 aliphatic heterocycles. The molecule has 0 bridgehead atoms. The first-order valence-corrected chi connectivity index (χ1v) is 9.80. The van der Waals surface area contributed by atoms with E-state index in [1.54, 1.807) is 25.4 Å². The summed E-state index contributed by atoms with van der Waals surface area (Å²) in [5.41, 5.74) is 1.38. The lowest BCUT2D eigenvalue weighted by molar-refractivity contribution is -0.384. The van der Waals surface area contributed by atoms with Crippen LogP contribution in [-0.4, -0.2) is 59.1 Å². The van der Waals surface area contributed by atoms with Gasteiger partial charge in [0.05, 0.1) is 36.1 Å². The van der Waals surface area contributed by atoms with Gasteiger partial charge >= 0.3 is 5.69 Å². The SMILES string of the molecule is Cc1cnc(N2CCC[C@H](n3ncc(N4CCOCC4)cc3=O)C2)c([N+](=O)[O-])c1. The number of pyridine rings is 1. The highest BCUT2D eigenvalue weighted by Crippen LogP contribution is 2.31. The molecular weight excluding hydrogens is 376 g/mol. The van der Waals surface area contributed by atoms with Crippen molar-refractivity contribution < 1.29 is 9.66 Å². The smallest absolute Gasteiger partial charge is 0.311 e. The Morgan fingerprint density at radius 2 is 1.97 bits per heavy atom. The van der Waals surface area contributed by atoms with Crippen LogP contribution in [0.3, 0.4) is 0 Å². The number of aromatic nitrogens is 3. The molecule has 10 heteroatoms. The lowest BCUT2D eigenvalue weighted by Crippen LogP contribution is -2.42. The van der Waals surface area contributed by atoms with Gasteiger partial charge in [-0.3, -0.25) is 14.9 Å². The number of aryl methyl sites for hydroxylation is 1. The molecule has 10 nitrogen and oxygen atoms in total. The Labute approximate surface area is 167 Å². The fourth-order valence-corrected chi connectivity index (χ4v) is 3.95. The van der Waals surface area contributed by atoms with Crippen molar-refractivity contribution >= 4 is 17.2 Å². The Morgan fingerprint density at radius 3 is 2.69 bits per heavy atom. The lowest BCUT2D eigenvalue weighted by atomic mass is 10.1. The predicted molar refractivity (Wildman–Crippen MR) is 108 cm³/mol. The van der Waals surface area contributed by atoms with Gasteiger partial charge in [-0.1, -0.05) is 0 Å². The van der Waals surface area contributed by atoms with Crippen LogP contribution in [-0.2, 0) is 4.74 Å². The average Bonchev–Trinajstić information content (AvgIpc) is 2.74. The van der Waals surface area contributed by atoms with E-state index in [0.29, 0.717) is 32.1 Å². The first-order valence-electron chi connectivity index (χ1n) is 9.80. The maximum atomic E-state index is 12.7. The van der Waals surface area contributed by atoms with Gasteiger partial charge in [0.15, 0.2) is 0 Å². The fourth-order valence-electron chi connectivity index (χ4n) is 3.95. The Hall–Kier alpha value is -3.01. The van der Waals surface area contributed by atoms with E-state index in [1.165, 1.54) is 10.7 Å². The van der Waals surface area contributed by atoms with Gasteiger partial charge in [-0.15, -0.1) is 0 Å². The number of piperidine rings is 1. The summed E-state index contributed by atoms with van der Waals surface area (Å²) < 4.78 is 6.85. The van der Waals surface area contributed by atoms with Crippen LogP contribution in [0.4, 0.5) is 17.2 Å². The molecule has 4 heterocycles. The fraction of sp³-hybridized carbons (Fsp3) is 0.526. The van der Waals surface area contributed by atoms with E-state index in [4.69, 9.17) is 4.74 Å². The molecule has 0 unspecified atom stereocenters. The molecule has 2 aliphatic rings. The molecule has 0 spiro atoms. The van der Waals surface area contributed by atoms with Crippen LogP contribution in [0, 0.1) is 17.0 Å². The number of rotatable bonds is 4. The Kier molecular flexibility index (Phi) is 5.43. The summed E-state index contributed by atoms with van der Waals surface area (Å²) in [6.07, 6.45) is 4.95. The van der Waals surface area contributed by atoms with Crippen molar-refractivity contribution in [2.24, 2.45) is 0 Å². The van der Waals surface area contributed by atoms with Crippen LogP contribution in [0.5, 0.6) is 0 Å². The number of ether oxygens (including phenoxy) is 1. The van der Waals surface area contributed by atoms with Gasteiger partial charge in [-0.05, 0) is 25.3 Å². The number of nitro groups is 1. The van der Waals surface area contributed by atoms with Gasteiger partial charge in [0.25, 0.3) is 5.56 Å². The van der Waals surface area contributed by atoms with E-state index in [-0.39, 0.29) is 17.3 Å². The molecule has 0 radical (unpaired) electrons. The molecule has 29 heavy (non-hydrogen) atoms. The van der Waals surface area contributed by atoms with Crippen LogP contribution in [0.25, 0.3) is 0 Å². The highest BCUT2D eigenvalue weighted by molar-refractivity contribution is 5.58. The van der Waals surface area contributed by atoms with Crippen LogP contribution in [0.2, 0.25) is 0 Å². The second kappa shape index (κ2) is 8.16. The minimum atomic E-state index is -0.402. The molecule has 0 aromatic carbocycles. The molecule has 0 aliphatic carbocycles. The third-order valence-electron chi connectivity index (χ3n) is 5.41. The largest absolute Gasteiger partial charge is 0.378 e. The van der Waals surface area contributed by atoms with E-state index < -0.39 is 4.92 Å². The third kappa shape index (κ3) is 4.07. The normalized spacial score (nSPS) is 20.0. The topological polar surface area (TPSA) is 107 Å². The minimum absolute atomic E-state index is 0.00591. The zero-order valence-corrected chi connectivity index (χ0v) is 16.4. The number of hydrogen-bond acceptors (Lipinski definition) is 8. The maximum absolute atomic E-state index is 12.7. The molecule has 154 valence electrons. The first kappa shape index (κ1) is 19.3. The first-order chi connectivity index (χ1) is 14.0. The van der Waals surface area contributed by atoms with Crippen molar-refractivity contribution in [3.8, 4) is 0 Å². The molecule has 0 amide bonds. The molecule has 0 saturated carbocycles. The molecule has 4 rings (SSSR count). The summed E-state index contributed by atoms with van der Waals surface area (Å²) in [5, 5.41) is 15.9. The molecule has 2 aromatic heterocycles. The predicted octanol–water partition coefficient (Wildman–Crippen LogP) is 1.53. The van der Waals surface area contributed by atoms with E-state index in [1.807, 2.05) is 4.90 Å². The zero-order valence-electron chi connectivity index (χ0n) is 16.4. The van der Waals surface area contributed by atoms with E-state index in [9.17, 15) is 14.9 Å². The standard InChI is InChI=1S/C19H24N6O4/c1-14-9-17(25(27)28)19(20-11-14)23-4-2-3-15(13-23)24-18(26)10-16(12-21-24)22-5-7-29-8-6-22/h9-12,15H,2-8,13H2,1H3/t15-/m0/s1. The Balaban J connectivity index is 1.56. The van der Waals surface area contributed by atoms with E-state index in [0.717, 1.165) is 37.2 Å². The maximum Gasteiger partial charge on any atom is 0.311 e. The highest BCUT2D eigenvalue weighted by Gasteiger charge is 2.29. The highest BCUT2D eigenvalue weighted by atomic mass is 16.6. The summed E-state index contributed by atoms with van der Waals surface area (Å²) in [6, 6.07) is 3.00. The third-order valence-corrected chi connectivity index (χ3v) is 5.41. The summed E-state index contributed by atoms with van der Waals surface area (Å²) in [5.74, 6) is 0.350. The van der Waals surface area contributed by atoms with Gasteiger partial charge in [0, 0.05) is 44.5 Å². The lowest BCUT2D eigenvalue weighted by Gasteiger charge is -2.34. The molecule has 2 fully saturated rings. The van der Waals surface area contributed by atoms with E-state index >= 15 is 0 Å². The molecule has 1 atom stereocenters. The quantitative estimate of drug-likeness (QED) is 0.562. The molecule has 2 saturated heterocycles. The van der Waals surface area contributed by atoms with Crippen molar-refractivity contribution in [3.05, 3.63) is 50.6 Å². The van der Waals surface area contributed by atoms with Gasteiger partial charge < -0.3 is 14.5 Å². The van der Waals surface area contributed by atoms with Gasteiger partial charge in [0.2, 0.25) is 5.82 Å². The number of anilines is 2. The summed E-state index contributed by atoms with van der Waals surface area (Å²) >= 11 is 0. The number of nitrogens with zero attached hydrogens (tertiary/aromatic N) is 6. The Bertz CT molecular complexity index is 956.